The van der Waals surface area contributed by atoms with Crippen molar-refractivity contribution in [2.75, 3.05) is 23.5 Å². The molecule has 4 rings (SSSR count). The number of anilines is 3. The number of methoxy groups -OCH3 is 1. The van der Waals surface area contributed by atoms with Gasteiger partial charge in [0.1, 0.15) is 5.75 Å². The van der Waals surface area contributed by atoms with Crippen LogP contribution < -0.4 is 15.4 Å². The van der Waals surface area contributed by atoms with Crippen LogP contribution in [0.4, 0.5) is 16.5 Å². The summed E-state index contributed by atoms with van der Waals surface area (Å²) in [4.78, 5) is 12.6. The molecule has 10 heteroatoms. The first-order chi connectivity index (χ1) is 15.5. The van der Waals surface area contributed by atoms with E-state index in [2.05, 4.69) is 25.9 Å². The Balaban J connectivity index is 1.34. The molecular weight excluding hydrogens is 444 g/mol. The third-order valence-electron chi connectivity index (χ3n) is 4.63. The number of nitrogens with one attached hydrogen (secondary N) is 2. The van der Waals surface area contributed by atoms with Crippen molar-refractivity contribution in [3.8, 4) is 11.4 Å². The Morgan fingerprint density at radius 3 is 2.56 bits per heavy atom. The Labute approximate surface area is 194 Å². The van der Waals surface area contributed by atoms with Crippen LogP contribution in [0.2, 0.25) is 0 Å². The van der Waals surface area contributed by atoms with Crippen molar-refractivity contribution >= 4 is 45.5 Å². The first-order valence-electron chi connectivity index (χ1n) is 9.82. The highest BCUT2D eigenvalue weighted by molar-refractivity contribution is 8.01. The second-order valence-electron chi connectivity index (χ2n) is 6.86. The molecule has 0 radical (unpaired) electrons. The van der Waals surface area contributed by atoms with E-state index in [9.17, 15) is 4.79 Å². The van der Waals surface area contributed by atoms with E-state index in [4.69, 9.17) is 4.74 Å². The average molecular weight is 467 g/mol. The number of benzene rings is 2. The van der Waals surface area contributed by atoms with E-state index in [-0.39, 0.29) is 11.7 Å². The largest absolute Gasteiger partial charge is 0.497 e. The quantitative estimate of drug-likeness (QED) is 0.359. The molecule has 2 heterocycles. The van der Waals surface area contributed by atoms with Crippen LogP contribution in [0.1, 0.15) is 11.4 Å². The topological polar surface area (TPSA) is 94.0 Å². The minimum Gasteiger partial charge on any atom is -0.497 e. The first-order valence-corrected chi connectivity index (χ1v) is 11.6. The zero-order valence-electron chi connectivity index (χ0n) is 17.8. The van der Waals surface area contributed by atoms with Crippen molar-refractivity contribution in [3.05, 3.63) is 66.0 Å². The molecule has 4 aromatic rings. The third-order valence-corrected chi connectivity index (χ3v) is 6.60. The van der Waals surface area contributed by atoms with Gasteiger partial charge in [-0.1, -0.05) is 41.3 Å². The van der Waals surface area contributed by atoms with E-state index in [1.54, 1.807) is 7.11 Å². The van der Waals surface area contributed by atoms with Gasteiger partial charge in [0, 0.05) is 5.69 Å². The lowest BCUT2D eigenvalue weighted by Crippen LogP contribution is -2.15. The number of amides is 1. The van der Waals surface area contributed by atoms with Gasteiger partial charge in [-0.05, 0) is 50.2 Å². The number of nitrogens with zero attached hydrogens (tertiary/aromatic N) is 4. The van der Waals surface area contributed by atoms with Gasteiger partial charge in [0.2, 0.25) is 11.0 Å². The van der Waals surface area contributed by atoms with Crippen LogP contribution in [-0.2, 0) is 4.79 Å². The summed E-state index contributed by atoms with van der Waals surface area (Å²) in [5.74, 6) is 0.899. The number of aromatic nitrogens is 4. The summed E-state index contributed by atoms with van der Waals surface area (Å²) in [5.41, 5.74) is 4.23. The molecule has 0 bridgehead atoms. The fourth-order valence-corrected chi connectivity index (χ4v) is 4.64. The van der Waals surface area contributed by atoms with Gasteiger partial charge in [0.05, 0.1) is 35.6 Å². The Bertz CT molecular complexity index is 1210. The van der Waals surface area contributed by atoms with Gasteiger partial charge in [-0.25, -0.2) is 4.68 Å². The van der Waals surface area contributed by atoms with E-state index in [0.29, 0.717) is 9.47 Å². The predicted molar refractivity (Wildman–Crippen MR) is 129 cm³/mol. The number of thioether (sulfide) groups is 1. The minimum absolute atomic E-state index is 0.117. The molecular formula is C22H22N6O2S2. The van der Waals surface area contributed by atoms with E-state index < -0.39 is 0 Å². The summed E-state index contributed by atoms with van der Waals surface area (Å²) < 4.78 is 7.71. The molecule has 0 aliphatic carbocycles. The van der Waals surface area contributed by atoms with Gasteiger partial charge < -0.3 is 15.4 Å². The molecule has 0 spiro atoms. The van der Waals surface area contributed by atoms with Crippen molar-refractivity contribution in [2.24, 2.45) is 0 Å². The molecule has 2 aromatic heterocycles. The van der Waals surface area contributed by atoms with E-state index in [1.807, 2.05) is 73.1 Å². The molecule has 0 saturated heterocycles. The molecule has 32 heavy (non-hydrogen) atoms. The summed E-state index contributed by atoms with van der Waals surface area (Å²) in [7, 11) is 1.63. The Morgan fingerprint density at radius 1 is 1.09 bits per heavy atom. The number of para-hydroxylation sites is 1. The lowest BCUT2D eigenvalue weighted by atomic mass is 10.3. The van der Waals surface area contributed by atoms with Gasteiger partial charge >= 0.3 is 0 Å². The second kappa shape index (κ2) is 9.84. The monoisotopic (exact) mass is 466 g/mol. The second-order valence-corrected chi connectivity index (χ2v) is 9.06. The third kappa shape index (κ3) is 5.09. The SMILES string of the molecule is COc1ccc(Nc2nnc(SCC(=O)Nc3c(C)nn(-c4ccccc4)c3C)s2)cc1. The predicted octanol–water partition coefficient (Wildman–Crippen LogP) is 4.82. The highest BCUT2D eigenvalue weighted by atomic mass is 32.2. The molecule has 164 valence electrons. The number of hydrogen-bond acceptors (Lipinski definition) is 8. The summed E-state index contributed by atoms with van der Waals surface area (Å²) in [6.45, 7) is 3.83. The molecule has 0 aliphatic heterocycles. The fourth-order valence-electron chi connectivity index (χ4n) is 3.06. The van der Waals surface area contributed by atoms with E-state index in [1.165, 1.54) is 23.1 Å². The standard InChI is InChI=1S/C22H22N6O2S2/c1-14-20(15(2)28(27-14)17-7-5-4-6-8-17)24-19(29)13-31-22-26-25-21(32-22)23-16-9-11-18(30-3)12-10-16/h4-12H,13H2,1-3H3,(H,23,25)(H,24,29). The lowest BCUT2D eigenvalue weighted by molar-refractivity contribution is -0.113. The number of rotatable bonds is 8. The number of ether oxygens (including phenoxy) is 1. The molecule has 2 aromatic carbocycles. The molecule has 0 fully saturated rings. The molecule has 0 aliphatic rings. The molecule has 0 saturated carbocycles. The van der Waals surface area contributed by atoms with Crippen LogP contribution in [0.5, 0.6) is 5.75 Å². The Kier molecular flexibility index (Phi) is 6.72. The van der Waals surface area contributed by atoms with Gasteiger partial charge in [0.25, 0.3) is 0 Å². The summed E-state index contributed by atoms with van der Waals surface area (Å²) in [6, 6.07) is 17.4. The fraction of sp³-hybridized carbons (Fsp3) is 0.182. The molecule has 8 nitrogen and oxygen atoms in total. The molecule has 2 N–H and O–H groups in total. The van der Waals surface area contributed by atoms with Crippen LogP contribution >= 0.6 is 23.1 Å². The molecule has 0 unspecified atom stereocenters. The number of aryl methyl sites for hydroxylation is 1. The molecule has 1 amide bonds. The van der Waals surface area contributed by atoms with Gasteiger partial charge in [-0.3, -0.25) is 4.79 Å². The summed E-state index contributed by atoms with van der Waals surface area (Å²) >= 11 is 2.74. The zero-order chi connectivity index (χ0) is 22.5. The number of hydrogen-bond donors (Lipinski definition) is 2. The number of carbonyl (C=O) groups excluding carboxylic acids is 1. The van der Waals surface area contributed by atoms with Gasteiger partial charge in [-0.15, -0.1) is 10.2 Å². The zero-order valence-corrected chi connectivity index (χ0v) is 19.5. The smallest absolute Gasteiger partial charge is 0.234 e. The summed E-state index contributed by atoms with van der Waals surface area (Å²) in [6.07, 6.45) is 0. The van der Waals surface area contributed by atoms with Crippen molar-refractivity contribution in [2.45, 2.75) is 18.2 Å². The Morgan fingerprint density at radius 2 is 1.84 bits per heavy atom. The maximum atomic E-state index is 12.6. The average Bonchev–Trinajstić information content (AvgIpc) is 3.38. The van der Waals surface area contributed by atoms with Gasteiger partial charge in [0.15, 0.2) is 4.34 Å². The van der Waals surface area contributed by atoms with Gasteiger partial charge in [-0.2, -0.15) is 5.10 Å². The van der Waals surface area contributed by atoms with Crippen molar-refractivity contribution in [1.29, 1.82) is 0 Å². The van der Waals surface area contributed by atoms with Crippen LogP contribution in [0.25, 0.3) is 5.69 Å². The minimum atomic E-state index is -0.117. The van der Waals surface area contributed by atoms with Crippen molar-refractivity contribution < 1.29 is 9.53 Å². The molecule has 0 atom stereocenters. The van der Waals surface area contributed by atoms with Crippen molar-refractivity contribution in [3.63, 3.8) is 0 Å². The maximum absolute atomic E-state index is 12.6. The summed E-state index contributed by atoms with van der Waals surface area (Å²) in [5, 5.41) is 19.7. The van der Waals surface area contributed by atoms with Crippen LogP contribution in [0.3, 0.4) is 0 Å². The maximum Gasteiger partial charge on any atom is 0.234 e. The van der Waals surface area contributed by atoms with E-state index in [0.717, 1.165) is 34.2 Å². The van der Waals surface area contributed by atoms with Crippen LogP contribution in [0.15, 0.2) is 58.9 Å². The number of carbonyl (C=O) groups is 1. The van der Waals surface area contributed by atoms with Crippen LogP contribution in [-0.4, -0.2) is 38.7 Å². The van der Waals surface area contributed by atoms with E-state index >= 15 is 0 Å². The lowest BCUT2D eigenvalue weighted by Gasteiger charge is -2.06. The highest BCUT2D eigenvalue weighted by Crippen LogP contribution is 2.29. The highest BCUT2D eigenvalue weighted by Gasteiger charge is 2.16. The van der Waals surface area contributed by atoms with Crippen LogP contribution in [0, 0.1) is 13.8 Å². The normalized spacial score (nSPS) is 10.7. The van der Waals surface area contributed by atoms with Crippen molar-refractivity contribution in [1.82, 2.24) is 20.0 Å². The first kappa shape index (κ1) is 21.8. The Hall–Kier alpha value is -3.37.